The van der Waals surface area contributed by atoms with E-state index in [1.165, 1.54) is 18.2 Å². The molecular formula is C22H20F5N3O7. The predicted molar refractivity (Wildman–Crippen MR) is 114 cm³/mol. The summed E-state index contributed by atoms with van der Waals surface area (Å²) in [7, 11) is 0. The first-order valence-corrected chi connectivity index (χ1v) is 10.3. The number of hydrogen-bond acceptors (Lipinski definition) is 7. The SMILES string of the molecule is C[C@H](NC(=O)C(=O)Nc1ccccc1F)C(=O)N[C@@H](CC(O)O)C(=O)COc1c(F)c(F)cc(F)c1F. The van der Waals surface area contributed by atoms with E-state index in [0.29, 0.717) is 0 Å². The predicted octanol–water partition coefficient (Wildman–Crippen LogP) is 0.659. The van der Waals surface area contributed by atoms with Crippen LogP contribution in [0.2, 0.25) is 0 Å². The van der Waals surface area contributed by atoms with Crippen molar-refractivity contribution in [2.45, 2.75) is 31.7 Å². The Morgan fingerprint density at radius 3 is 2.05 bits per heavy atom. The molecule has 10 nitrogen and oxygen atoms in total. The molecule has 200 valence electrons. The molecule has 0 aliphatic heterocycles. The fourth-order valence-electron chi connectivity index (χ4n) is 2.77. The highest BCUT2D eigenvalue weighted by molar-refractivity contribution is 6.40. The fraction of sp³-hybridized carbons (Fsp3) is 0.273. The number of anilines is 1. The number of ketones is 1. The zero-order valence-electron chi connectivity index (χ0n) is 18.9. The van der Waals surface area contributed by atoms with Gasteiger partial charge in [0.2, 0.25) is 17.5 Å². The number of carbonyl (C=O) groups is 4. The van der Waals surface area contributed by atoms with Gasteiger partial charge in [-0.05, 0) is 19.1 Å². The number of rotatable bonds is 10. The van der Waals surface area contributed by atoms with Crippen LogP contribution >= 0.6 is 0 Å². The number of hydrogen-bond donors (Lipinski definition) is 5. The molecule has 2 aromatic carbocycles. The lowest BCUT2D eigenvalue weighted by molar-refractivity contribution is -0.138. The molecule has 0 aromatic heterocycles. The van der Waals surface area contributed by atoms with Crippen LogP contribution in [0.5, 0.6) is 5.75 Å². The highest BCUT2D eigenvalue weighted by atomic mass is 19.2. The number of halogens is 5. The molecule has 0 saturated heterocycles. The van der Waals surface area contributed by atoms with E-state index in [-0.39, 0.29) is 11.8 Å². The summed E-state index contributed by atoms with van der Waals surface area (Å²) in [6, 6.07) is 1.56. The Balaban J connectivity index is 2.02. The number of amides is 3. The molecule has 0 spiro atoms. The van der Waals surface area contributed by atoms with Gasteiger partial charge in [0, 0.05) is 12.5 Å². The summed E-state index contributed by atoms with van der Waals surface area (Å²) in [6.07, 6.45) is -3.03. The van der Waals surface area contributed by atoms with Gasteiger partial charge in [-0.25, -0.2) is 13.2 Å². The molecule has 5 N–H and O–H groups in total. The van der Waals surface area contributed by atoms with Crippen LogP contribution < -0.4 is 20.7 Å². The summed E-state index contributed by atoms with van der Waals surface area (Å²) in [4.78, 5) is 48.7. The van der Waals surface area contributed by atoms with Gasteiger partial charge in [-0.2, -0.15) is 8.78 Å². The number of carbonyl (C=O) groups excluding carboxylic acids is 4. The van der Waals surface area contributed by atoms with Crippen molar-refractivity contribution in [2.75, 3.05) is 11.9 Å². The zero-order valence-corrected chi connectivity index (χ0v) is 18.9. The quantitative estimate of drug-likeness (QED) is 0.130. The smallest absolute Gasteiger partial charge is 0.313 e. The van der Waals surface area contributed by atoms with E-state index < -0.39 is 89.7 Å². The van der Waals surface area contributed by atoms with Crippen molar-refractivity contribution in [1.82, 2.24) is 10.6 Å². The van der Waals surface area contributed by atoms with E-state index in [4.69, 9.17) is 0 Å². The summed E-state index contributed by atoms with van der Waals surface area (Å²) in [5.41, 5.74) is -0.312. The molecule has 0 heterocycles. The average molecular weight is 533 g/mol. The summed E-state index contributed by atoms with van der Waals surface area (Å²) in [5, 5.41) is 24.3. The lowest BCUT2D eigenvalue weighted by atomic mass is 10.1. The van der Waals surface area contributed by atoms with Crippen LogP contribution in [0.25, 0.3) is 0 Å². The van der Waals surface area contributed by atoms with E-state index in [1.807, 2.05) is 16.0 Å². The first-order valence-electron chi connectivity index (χ1n) is 10.3. The summed E-state index contributed by atoms with van der Waals surface area (Å²) < 4.78 is 72.1. The zero-order chi connectivity index (χ0) is 27.9. The minimum Gasteiger partial charge on any atom is -0.479 e. The molecule has 2 aromatic rings. The third kappa shape index (κ3) is 7.94. The number of benzene rings is 2. The third-order valence-electron chi connectivity index (χ3n) is 4.65. The molecule has 2 rings (SSSR count). The van der Waals surface area contributed by atoms with Crippen LogP contribution in [0.4, 0.5) is 27.6 Å². The van der Waals surface area contributed by atoms with Crippen molar-refractivity contribution in [3.05, 3.63) is 59.4 Å². The Hall–Kier alpha value is -4.11. The van der Waals surface area contributed by atoms with Crippen molar-refractivity contribution < 1.29 is 56.1 Å². The minimum atomic E-state index is -2.18. The Labute approximate surface area is 205 Å². The summed E-state index contributed by atoms with van der Waals surface area (Å²) in [6.45, 7) is -0.183. The Bertz CT molecular complexity index is 1170. The maximum absolute atomic E-state index is 13.7. The van der Waals surface area contributed by atoms with E-state index in [2.05, 4.69) is 4.74 Å². The third-order valence-corrected chi connectivity index (χ3v) is 4.65. The van der Waals surface area contributed by atoms with Gasteiger partial charge in [0.05, 0.1) is 11.7 Å². The molecule has 0 unspecified atom stereocenters. The number of aliphatic hydroxyl groups excluding tert-OH is 1. The lowest BCUT2D eigenvalue weighted by Crippen LogP contribution is -2.53. The second kappa shape index (κ2) is 12.7. The molecule has 3 amide bonds. The molecule has 0 aliphatic rings. The number of Topliss-reactive ketones (excluding diaryl/α,β-unsaturated/α-hetero) is 1. The monoisotopic (exact) mass is 533 g/mol. The van der Waals surface area contributed by atoms with Gasteiger partial charge in [-0.3, -0.25) is 19.2 Å². The van der Waals surface area contributed by atoms with Crippen LogP contribution in [0.1, 0.15) is 13.3 Å². The molecule has 0 saturated carbocycles. The fourth-order valence-corrected chi connectivity index (χ4v) is 2.77. The van der Waals surface area contributed by atoms with Crippen LogP contribution in [0.3, 0.4) is 0 Å². The first kappa shape index (κ1) is 29.1. The molecule has 0 bridgehead atoms. The largest absolute Gasteiger partial charge is 0.479 e. The maximum Gasteiger partial charge on any atom is 0.313 e. The topological polar surface area (TPSA) is 154 Å². The van der Waals surface area contributed by atoms with Gasteiger partial charge in [0.1, 0.15) is 18.5 Å². The van der Waals surface area contributed by atoms with E-state index >= 15 is 0 Å². The molecule has 0 fully saturated rings. The number of nitrogens with one attached hydrogen (secondary N) is 3. The highest BCUT2D eigenvalue weighted by Crippen LogP contribution is 2.26. The minimum absolute atomic E-state index is 0.0865. The van der Waals surface area contributed by atoms with Gasteiger partial charge < -0.3 is 30.9 Å². The second-order valence-electron chi connectivity index (χ2n) is 7.46. The highest BCUT2D eigenvalue weighted by Gasteiger charge is 2.29. The van der Waals surface area contributed by atoms with Gasteiger partial charge in [-0.15, -0.1) is 0 Å². The molecule has 0 radical (unpaired) electrons. The van der Waals surface area contributed by atoms with Gasteiger partial charge in [-0.1, -0.05) is 12.1 Å². The normalized spacial score (nSPS) is 12.5. The molecule has 2 atom stereocenters. The number of ether oxygens (including phenoxy) is 1. The van der Waals surface area contributed by atoms with Gasteiger partial charge in [0.25, 0.3) is 0 Å². The Morgan fingerprint density at radius 2 is 1.49 bits per heavy atom. The first-order chi connectivity index (χ1) is 17.3. The maximum atomic E-state index is 13.7. The standard InChI is InChI=1S/C22H20F5N3O7/c1-9(28-21(35)22(36)29-13-5-3-2-4-10(13)23)20(34)30-14(7-16(32)33)15(31)8-37-19-17(26)11(24)6-12(25)18(19)27/h2-6,9,14,16,32-33H,7-8H2,1H3,(H,28,35)(H,29,36)(H,30,34)/t9-,14-/m0/s1. The van der Waals surface area contributed by atoms with Crippen molar-refractivity contribution in [2.24, 2.45) is 0 Å². The van der Waals surface area contributed by atoms with Crippen LogP contribution in [-0.2, 0) is 19.2 Å². The van der Waals surface area contributed by atoms with E-state index in [1.54, 1.807) is 0 Å². The summed E-state index contributed by atoms with van der Waals surface area (Å²) >= 11 is 0. The molecule has 37 heavy (non-hydrogen) atoms. The molecular weight excluding hydrogens is 513 g/mol. The van der Waals surface area contributed by atoms with Crippen LogP contribution in [-0.4, -0.2) is 58.7 Å². The average Bonchev–Trinajstić information content (AvgIpc) is 2.83. The van der Waals surface area contributed by atoms with Crippen LogP contribution in [0.15, 0.2) is 30.3 Å². The molecule has 0 aliphatic carbocycles. The van der Waals surface area contributed by atoms with Crippen molar-refractivity contribution >= 4 is 29.2 Å². The van der Waals surface area contributed by atoms with E-state index in [0.717, 1.165) is 13.0 Å². The Morgan fingerprint density at radius 1 is 0.892 bits per heavy atom. The van der Waals surface area contributed by atoms with Crippen LogP contribution in [0, 0.1) is 29.1 Å². The number of para-hydroxylation sites is 1. The van der Waals surface area contributed by atoms with Gasteiger partial charge in [0.15, 0.2) is 29.5 Å². The summed E-state index contributed by atoms with van der Waals surface area (Å²) in [5.74, 6) is -14.9. The van der Waals surface area contributed by atoms with Crippen molar-refractivity contribution in [1.29, 1.82) is 0 Å². The second-order valence-corrected chi connectivity index (χ2v) is 7.46. The van der Waals surface area contributed by atoms with E-state index in [9.17, 15) is 51.3 Å². The van der Waals surface area contributed by atoms with Crippen molar-refractivity contribution in [3.63, 3.8) is 0 Å². The van der Waals surface area contributed by atoms with Crippen molar-refractivity contribution in [3.8, 4) is 5.75 Å². The number of aliphatic hydroxyl groups is 2. The molecule has 15 heteroatoms. The Kier molecular flexibility index (Phi) is 10.0. The lowest BCUT2D eigenvalue weighted by Gasteiger charge is -2.21. The van der Waals surface area contributed by atoms with Gasteiger partial charge >= 0.3 is 11.8 Å².